The van der Waals surface area contributed by atoms with E-state index in [1.165, 1.54) is 14.2 Å². The van der Waals surface area contributed by atoms with Gasteiger partial charge in [0, 0.05) is 11.6 Å². The Balaban J connectivity index is 2.57. The molecule has 2 aromatic rings. The van der Waals surface area contributed by atoms with Gasteiger partial charge in [0.2, 0.25) is 0 Å². The van der Waals surface area contributed by atoms with Crippen molar-refractivity contribution in [3.05, 3.63) is 45.9 Å². The number of carbonyl (C=O) groups is 1. The molecule has 0 saturated carbocycles. The number of carbonyl (C=O) groups excluding carboxylic acids is 1. The fraction of sp³-hybridized carbons (Fsp3) is 0.133. The van der Waals surface area contributed by atoms with Crippen molar-refractivity contribution in [3.63, 3.8) is 0 Å². The monoisotopic (exact) mass is 310 g/mol. The largest absolute Gasteiger partial charge is 0.496 e. The summed E-state index contributed by atoms with van der Waals surface area (Å²) in [5.41, 5.74) is 1.96. The Kier molecular flexibility index (Phi) is 4.53. The SMILES string of the molecule is COc1cc(Cl)c(-c2ccc(OC)c(C=O)c2)cc1Cl. The molecule has 0 amide bonds. The molecule has 0 fully saturated rings. The minimum Gasteiger partial charge on any atom is -0.496 e. The molecule has 0 radical (unpaired) electrons. The zero-order valence-electron chi connectivity index (χ0n) is 10.9. The highest BCUT2D eigenvalue weighted by Crippen LogP contribution is 2.37. The molecule has 2 aromatic carbocycles. The van der Waals surface area contributed by atoms with Crippen molar-refractivity contribution in [1.29, 1.82) is 0 Å². The first-order valence-corrected chi connectivity index (χ1v) is 6.53. The second-order valence-corrected chi connectivity index (χ2v) is 4.86. The summed E-state index contributed by atoms with van der Waals surface area (Å²) in [4.78, 5) is 11.1. The van der Waals surface area contributed by atoms with Crippen molar-refractivity contribution < 1.29 is 14.3 Å². The van der Waals surface area contributed by atoms with Gasteiger partial charge in [-0.3, -0.25) is 4.79 Å². The van der Waals surface area contributed by atoms with Crippen LogP contribution in [0.4, 0.5) is 0 Å². The molecule has 0 spiro atoms. The predicted molar refractivity (Wildman–Crippen MR) is 80.4 cm³/mol. The van der Waals surface area contributed by atoms with E-state index in [0.717, 1.165) is 17.4 Å². The number of methoxy groups -OCH3 is 2. The minimum absolute atomic E-state index is 0.452. The number of ether oxygens (including phenoxy) is 2. The molecule has 0 aliphatic heterocycles. The molecular formula is C15H12Cl2O3. The van der Waals surface area contributed by atoms with Crippen molar-refractivity contribution in [2.75, 3.05) is 14.2 Å². The Bertz CT molecular complexity index is 654. The summed E-state index contributed by atoms with van der Waals surface area (Å²) in [7, 11) is 3.04. The highest BCUT2D eigenvalue weighted by molar-refractivity contribution is 6.36. The first-order valence-electron chi connectivity index (χ1n) is 5.77. The summed E-state index contributed by atoms with van der Waals surface area (Å²) in [6.07, 6.45) is 0.737. The molecule has 0 unspecified atom stereocenters. The van der Waals surface area contributed by atoms with Gasteiger partial charge in [-0.15, -0.1) is 0 Å². The van der Waals surface area contributed by atoms with Crippen LogP contribution in [-0.4, -0.2) is 20.5 Å². The van der Waals surface area contributed by atoms with Gasteiger partial charge in [0.15, 0.2) is 6.29 Å². The third-order valence-corrected chi connectivity index (χ3v) is 3.52. The Morgan fingerprint density at radius 1 is 0.950 bits per heavy atom. The number of aldehydes is 1. The number of hydrogen-bond acceptors (Lipinski definition) is 3. The summed E-state index contributed by atoms with van der Waals surface area (Å²) in [5.74, 6) is 1.02. The molecule has 0 heterocycles. The fourth-order valence-electron chi connectivity index (χ4n) is 1.90. The maximum atomic E-state index is 11.1. The second kappa shape index (κ2) is 6.16. The zero-order valence-corrected chi connectivity index (χ0v) is 12.5. The lowest BCUT2D eigenvalue weighted by Crippen LogP contribution is -1.92. The maximum absolute atomic E-state index is 11.1. The van der Waals surface area contributed by atoms with Crippen LogP contribution in [0.25, 0.3) is 11.1 Å². The molecule has 0 aliphatic rings. The maximum Gasteiger partial charge on any atom is 0.153 e. The minimum atomic E-state index is 0.452. The highest BCUT2D eigenvalue weighted by Gasteiger charge is 2.11. The average Bonchev–Trinajstić information content (AvgIpc) is 2.48. The standard InChI is InChI=1S/C15H12Cl2O3/c1-19-14-4-3-9(5-10(14)8-18)11-6-13(17)15(20-2)7-12(11)16/h3-8H,1-2H3. The van der Waals surface area contributed by atoms with E-state index in [2.05, 4.69) is 0 Å². The van der Waals surface area contributed by atoms with Crippen LogP contribution in [0, 0.1) is 0 Å². The molecule has 0 bridgehead atoms. The second-order valence-electron chi connectivity index (χ2n) is 4.04. The van der Waals surface area contributed by atoms with E-state index in [4.69, 9.17) is 32.7 Å². The number of hydrogen-bond donors (Lipinski definition) is 0. The number of benzene rings is 2. The van der Waals surface area contributed by atoms with Crippen molar-refractivity contribution in [2.45, 2.75) is 0 Å². The van der Waals surface area contributed by atoms with Crippen LogP contribution >= 0.6 is 23.2 Å². The van der Waals surface area contributed by atoms with Gasteiger partial charge < -0.3 is 9.47 Å². The van der Waals surface area contributed by atoms with Crippen LogP contribution in [0.2, 0.25) is 10.0 Å². The van der Waals surface area contributed by atoms with Crippen molar-refractivity contribution in [3.8, 4) is 22.6 Å². The third-order valence-electron chi connectivity index (χ3n) is 2.91. The van der Waals surface area contributed by atoms with Crippen LogP contribution in [0.1, 0.15) is 10.4 Å². The molecule has 0 saturated heterocycles. The summed E-state index contributed by atoms with van der Waals surface area (Å²) in [6.45, 7) is 0. The zero-order chi connectivity index (χ0) is 14.7. The molecule has 0 N–H and O–H groups in total. The van der Waals surface area contributed by atoms with E-state index in [1.54, 1.807) is 24.3 Å². The summed E-state index contributed by atoms with van der Waals surface area (Å²) in [5, 5.41) is 0.948. The van der Waals surface area contributed by atoms with Crippen molar-refractivity contribution in [2.24, 2.45) is 0 Å². The van der Waals surface area contributed by atoms with Gasteiger partial charge >= 0.3 is 0 Å². The fourth-order valence-corrected chi connectivity index (χ4v) is 2.40. The van der Waals surface area contributed by atoms with Gasteiger partial charge in [-0.2, -0.15) is 0 Å². The van der Waals surface area contributed by atoms with Crippen LogP contribution in [0.5, 0.6) is 11.5 Å². The normalized spacial score (nSPS) is 10.2. The quantitative estimate of drug-likeness (QED) is 0.780. The van der Waals surface area contributed by atoms with Gasteiger partial charge in [0.1, 0.15) is 11.5 Å². The van der Waals surface area contributed by atoms with Crippen molar-refractivity contribution in [1.82, 2.24) is 0 Å². The molecule has 104 valence electrons. The van der Waals surface area contributed by atoms with E-state index in [-0.39, 0.29) is 0 Å². The van der Waals surface area contributed by atoms with E-state index in [1.807, 2.05) is 6.07 Å². The Morgan fingerprint density at radius 3 is 2.25 bits per heavy atom. The first-order chi connectivity index (χ1) is 9.60. The van der Waals surface area contributed by atoms with E-state index >= 15 is 0 Å². The molecule has 5 heteroatoms. The molecule has 0 aliphatic carbocycles. The Hall–Kier alpha value is -1.71. The van der Waals surface area contributed by atoms with Crippen LogP contribution in [0.3, 0.4) is 0 Å². The Labute approximate surface area is 127 Å². The van der Waals surface area contributed by atoms with Gasteiger partial charge in [-0.05, 0) is 23.8 Å². The molecule has 3 nitrogen and oxygen atoms in total. The van der Waals surface area contributed by atoms with Gasteiger partial charge in [0.05, 0.1) is 29.8 Å². The van der Waals surface area contributed by atoms with E-state index in [9.17, 15) is 4.79 Å². The summed E-state index contributed by atoms with van der Waals surface area (Å²) < 4.78 is 10.2. The highest BCUT2D eigenvalue weighted by atomic mass is 35.5. The van der Waals surface area contributed by atoms with E-state index in [0.29, 0.717) is 27.1 Å². The van der Waals surface area contributed by atoms with Crippen LogP contribution in [-0.2, 0) is 0 Å². The molecule has 0 aromatic heterocycles. The summed E-state index contributed by atoms with van der Waals surface area (Å²) in [6, 6.07) is 8.59. The smallest absolute Gasteiger partial charge is 0.153 e. The number of halogens is 2. The van der Waals surface area contributed by atoms with Crippen LogP contribution in [0.15, 0.2) is 30.3 Å². The van der Waals surface area contributed by atoms with Crippen LogP contribution < -0.4 is 9.47 Å². The predicted octanol–water partition coefficient (Wildman–Crippen LogP) is 4.49. The third kappa shape index (κ3) is 2.74. The lowest BCUT2D eigenvalue weighted by Gasteiger charge is -2.11. The Morgan fingerprint density at radius 2 is 1.65 bits per heavy atom. The topological polar surface area (TPSA) is 35.5 Å². The van der Waals surface area contributed by atoms with Crippen molar-refractivity contribution >= 4 is 29.5 Å². The molecule has 2 rings (SSSR count). The number of rotatable bonds is 4. The first kappa shape index (κ1) is 14.7. The average molecular weight is 311 g/mol. The summed E-state index contributed by atoms with van der Waals surface area (Å²) >= 11 is 12.3. The van der Waals surface area contributed by atoms with E-state index < -0.39 is 0 Å². The van der Waals surface area contributed by atoms with Gasteiger partial charge in [-0.1, -0.05) is 29.3 Å². The lowest BCUT2D eigenvalue weighted by atomic mass is 10.0. The van der Waals surface area contributed by atoms with Gasteiger partial charge in [0.25, 0.3) is 0 Å². The molecular weight excluding hydrogens is 299 g/mol. The van der Waals surface area contributed by atoms with Gasteiger partial charge in [-0.25, -0.2) is 0 Å². The molecule has 0 atom stereocenters. The molecule has 20 heavy (non-hydrogen) atoms. The lowest BCUT2D eigenvalue weighted by molar-refractivity contribution is 0.112.